The second-order valence-electron chi connectivity index (χ2n) is 18.0. The number of hydrogen-bond acceptors (Lipinski definition) is 10. The Morgan fingerprint density at radius 1 is 0.200 bits per heavy atom. The number of rotatable bonds is 10. The second kappa shape index (κ2) is 20.8. The molecule has 1 fully saturated rings. The molecule has 0 unspecified atom stereocenters. The van der Waals surface area contributed by atoms with E-state index in [1.165, 1.54) is 0 Å². The Kier molecular flexibility index (Phi) is 13.1. The lowest BCUT2D eigenvalue weighted by atomic mass is 9.71. The van der Waals surface area contributed by atoms with Gasteiger partial charge in [0.1, 0.15) is 0 Å². The highest BCUT2D eigenvalue weighted by Gasteiger charge is 2.35. The predicted molar refractivity (Wildman–Crippen MR) is 274 cm³/mol. The van der Waals surface area contributed by atoms with Gasteiger partial charge in [-0.05, 0) is 153 Å². The van der Waals surface area contributed by atoms with Gasteiger partial charge in [-0.25, -0.2) is 0 Å². The maximum absolute atomic E-state index is 5.46. The molecule has 11 rings (SSSR count). The fourth-order valence-electron chi connectivity index (χ4n) is 10.1. The molecule has 0 aromatic carbocycles. The van der Waals surface area contributed by atoms with Gasteiger partial charge in [-0.3, -0.25) is 49.8 Å². The van der Waals surface area contributed by atoms with Crippen LogP contribution >= 0.6 is 0 Å². The quantitative estimate of drug-likeness (QED) is 0.131. The minimum Gasteiger partial charge on any atom is -0.255 e. The Morgan fingerprint density at radius 3 is 0.557 bits per heavy atom. The normalized spacial score (nSPS) is 18.4. The molecule has 1 saturated carbocycles. The Labute approximate surface area is 408 Å². The van der Waals surface area contributed by atoms with Gasteiger partial charge in [0, 0.05) is 89.0 Å². The van der Waals surface area contributed by atoms with E-state index in [4.69, 9.17) is 49.8 Å². The van der Waals surface area contributed by atoms with Crippen molar-refractivity contribution in [3.05, 3.63) is 241 Å². The molecule has 10 heteroatoms. The largest absolute Gasteiger partial charge is 0.255 e. The number of aromatic nitrogens is 10. The summed E-state index contributed by atoms with van der Waals surface area (Å²) in [5, 5.41) is 0. The third-order valence-electron chi connectivity index (χ3n) is 13.4. The maximum atomic E-state index is 5.46. The van der Waals surface area contributed by atoms with E-state index in [1.807, 2.05) is 122 Å². The minimum absolute atomic E-state index is 0.0145. The van der Waals surface area contributed by atoms with Crippen LogP contribution in [0.1, 0.15) is 90.2 Å². The average molecular weight is 911 g/mol. The molecular formula is C60H50N10. The molecule has 0 aliphatic heterocycles. The van der Waals surface area contributed by atoms with Crippen molar-refractivity contribution in [3.8, 4) is 56.9 Å². The molecule has 1 aliphatic carbocycles. The van der Waals surface area contributed by atoms with Crippen molar-refractivity contribution in [1.82, 2.24) is 49.8 Å². The molecule has 0 spiro atoms. The van der Waals surface area contributed by atoms with Crippen LogP contribution in [0.4, 0.5) is 0 Å². The van der Waals surface area contributed by atoms with Gasteiger partial charge in [-0.1, -0.05) is 60.7 Å². The summed E-state index contributed by atoms with van der Waals surface area (Å²) < 4.78 is 0. The molecule has 1 aliphatic rings. The van der Waals surface area contributed by atoms with Crippen molar-refractivity contribution in [2.75, 3.05) is 0 Å². The third-order valence-corrected chi connectivity index (χ3v) is 13.4. The number of hydrogen-bond donors (Lipinski definition) is 0. The lowest BCUT2D eigenvalue weighted by Crippen LogP contribution is -2.22. The molecular weight excluding hydrogens is 861 g/mol. The first-order valence-electron chi connectivity index (χ1n) is 24.1. The molecule has 0 bridgehead atoms. The Morgan fingerprint density at radius 2 is 0.386 bits per heavy atom. The molecule has 10 heterocycles. The van der Waals surface area contributed by atoms with Gasteiger partial charge in [-0.15, -0.1) is 0 Å². The summed E-state index contributed by atoms with van der Waals surface area (Å²) in [6.07, 6.45) is 13.0. The SMILES string of the molecule is c1ccc(-c2cccc(C3CC(c4cccc(-c5ccccn5)n4)CC(c4cccc(-c5ccccn5)n4)CC(c4cccc(-c5ccccn5)n4)CC(c4cccc(-c5ccccn5)n4)C3)n2)nc1. The van der Waals surface area contributed by atoms with E-state index in [0.717, 1.165) is 118 Å². The zero-order chi connectivity index (χ0) is 46.9. The lowest BCUT2D eigenvalue weighted by Gasteiger charge is -2.34. The summed E-state index contributed by atoms with van der Waals surface area (Å²) in [6, 6.07) is 61.8. The lowest BCUT2D eigenvalue weighted by molar-refractivity contribution is 0.339. The van der Waals surface area contributed by atoms with E-state index in [-0.39, 0.29) is 29.6 Å². The van der Waals surface area contributed by atoms with Gasteiger partial charge in [-0.2, -0.15) is 0 Å². The van der Waals surface area contributed by atoms with Crippen LogP contribution in [0.5, 0.6) is 0 Å². The molecule has 70 heavy (non-hydrogen) atoms. The monoisotopic (exact) mass is 910 g/mol. The fourth-order valence-corrected chi connectivity index (χ4v) is 10.1. The summed E-state index contributed by atoms with van der Waals surface area (Å²) in [7, 11) is 0. The van der Waals surface area contributed by atoms with Crippen LogP contribution in [0.2, 0.25) is 0 Å². The molecule has 10 nitrogen and oxygen atoms in total. The zero-order valence-electron chi connectivity index (χ0n) is 38.6. The summed E-state index contributed by atoms with van der Waals surface area (Å²) in [5.74, 6) is -0.0727. The van der Waals surface area contributed by atoms with E-state index in [2.05, 4.69) is 91.0 Å². The van der Waals surface area contributed by atoms with E-state index >= 15 is 0 Å². The van der Waals surface area contributed by atoms with Crippen molar-refractivity contribution >= 4 is 0 Å². The van der Waals surface area contributed by atoms with Crippen molar-refractivity contribution < 1.29 is 0 Å². The van der Waals surface area contributed by atoms with Crippen LogP contribution < -0.4 is 0 Å². The van der Waals surface area contributed by atoms with Crippen LogP contribution in [0.15, 0.2) is 213 Å². The van der Waals surface area contributed by atoms with Gasteiger partial charge in [0.2, 0.25) is 0 Å². The van der Waals surface area contributed by atoms with E-state index in [1.54, 1.807) is 0 Å². The summed E-state index contributed by atoms with van der Waals surface area (Å²) >= 11 is 0. The Bertz CT molecular complexity index is 2760. The van der Waals surface area contributed by atoms with Gasteiger partial charge in [0.25, 0.3) is 0 Å². The highest BCUT2D eigenvalue weighted by molar-refractivity contribution is 5.57. The molecule has 10 aromatic rings. The predicted octanol–water partition coefficient (Wildman–Crippen LogP) is 13.2. The van der Waals surface area contributed by atoms with Crippen molar-refractivity contribution in [3.63, 3.8) is 0 Å². The van der Waals surface area contributed by atoms with Crippen LogP contribution in [0.25, 0.3) is 56.9 Å². The summed E-state index contributed by atoms with van der Waals surface area (Å²) in [6.45, 7) is 0. The molecule has 10 aromatic heterocycles. The van der Waals surface area contributed by atoms with E-state index < -0.39 is 0 Å². The van der Waals surface area contributed by atoms with Crippen molar-refractivity contribution in [2.24, 2.45) is 0 Å². The van der Waals surface area contributed by atoms with Gasteiger partial charge < -0.3 is 0 Å². The van der Waals surface area contributed by atoms with Crippen LogP contribution in [0.3, 0.4) is 0 Å². The zero-order valence-corrected chi connectivity index (χ0v) is 38.6. The maximum Gasteiger partial charge on any atom is 0.0889 e. The molecule has 0 saturated heterocycles. The van der Waals surface area contributed by atoms with Gasteiger partial charge >= 0.3 is 0 Å². The fraction of sp³-hybridized carbons (Fsp3) is 0.167. The van der Waals surface area contributed by atoms with E-state index in [9.17, 15) is 0 Å². The molecule has 0 N–H and O–H groups in total. The molecule has 340 valence electrons. The third kappa shape index (κ3) is 10.2. The number of nitrogens with zero attached hydrogens (tertiary/aromatic N) is 10. The summed E-state index contributed by atoms with van der Waals surface area (Å²) in [4.78, 5) is 50.9. The first-order chi connectivity index (χ1) is 34.7. The van der Waals surface area contributed by atoms with Gasteiger partial charge in [0.15, 0.2) is 0 Å². The van der Waals surface area contributed by atoms with Crippen LogP contribution in [-0.4, -0.2) is 49.8 Å². The Balaban J connectivity index is 1.11. The van der Waals surface area contributed by atoms with Crippen LogP contribution in [-0.2, 0) is 0 Å². The smallest absolute Gasteiger partial charge is 0.0889 e. The van der Waals surface area contributed by atoms with Crippen LogP contribution in [0, 0.1) is 0 Å². The highest BCUT2D eigenvalue weighted by Crippen LogP contribution is 2.48. The minimum atomic E-state index is -0.0145. The molecule has 0 atom stereocenters. The van der Waals surface area contributed by atoms with Crippen molar-refractivity contribution in [1.29, 1.82) is 0 Å². The average Bonchev–Trinajstić information content (AvgIpc) is 3.45. The summed E-state index contributed by atoms with van der Waals surface area (Å²) in [5.41, 5.74) is 13.5. The first kappa shape index (κ1) is 44.0. The number of pyridine rings is 10. The Hall–Kier alpha value is -8.50. The highest BCUT2D eigenvalue weighted by atomic mass is 14.8. The van der Waals surface area contributed by atoms with Gasteiger partial charge in [0.05, 0.1) is 56.9 Å². The standard InChI is InChI=1S/C60H50N10/c1-6-31-61-51(16-1)56-26-11-21-46(66-56)41-36-42(47-22-12-27-57(67-47)52-17-2-7-32-62-52)38-44(49-24-14-29-59(69-49)54-19-4-9-34-64-54)40-45(50-25-15-30-60(70-50)55-20-5-10-35-65-55)39-43(37-41)48-23-13-28-58(68-48)53-18-3-8-33-63-53/h1-35,41-45H,36-40H2. The topological polar surface area (TPSA) is 129 Å². The first-order valence-corrected chi connectivity index (χ1v) is 24.1. The van der Waals surface area contributed by atoms with Crippen molar-refractivity contribution in [2.45, 2.75) is 61.7 Å². The molecule has 0 amide bonds. The van der Waals surface area contributed by atoms with E-state index in [0.29, 0.717) is 0 Å². The second-order valence-corrected chi connectivity index (χ2v) is 18.0. The molecule has 0 radical (unpaired) electrons.